The number of hydrogen-bond acceptors (Lipinski definition) is 9. The first kappa shape index (κ1) is 23.3. The second-order valence-corrected chi connectivity index (χ2v) is 6.47. The summed E-state index contributed by atoms with van der Waals surface area (Å²) in [4.78, 5) is 61.8. The van der Waals surface area contributed by atoms with Gasteiger partial charge in [0, 0.05) is 25.8 Å². The van der Waals surface area contributed by atoms with Gasteiger partial charge in [0.15, 0.2) is 5.92 Å². The quantitative estimate of drug-likeness (QED) is 0.286. The van der Waals surface area contributed by atoms with E-state index in [0.717, 1.165) is 21.3 Å². The minimum atomic E-state index is -1.49. The molecule has 158 valence electrons. The fourth-order valence-corrected chi connectivity index (χ4v) is 3.16. The van der Waals surface area contributed by atoms with Crippen molar-refractivity contribution in [3.8, 4) is 0 Å². The highest BCUT2D eigenvalue weighted by atomic mass is 16.5. The molecular weight excluding hydrogens is 376 g/mol. The normalized spacial score (nSPS) is 20.9. The summed E-state index contributed by atoms with van der Waals surface area (Å²) in [6.07, 6.45) is -0.892. The molecule has 11 heteroatoms. The van der Waals surface area contributed by atoms with E-state index in [0.29, 0.717) is 0 Å². The molecule has 1 aliphatic heterocycles. The van der Waals surface area contributed by atoms with Gasteiger partial charge in [-0.3, -0.25) is 19.2 Å². The van der Waals surface area contributed by atoms with E-state index in [9.17, 15) is 29.1 Å². The molecule has 0 saturated carbocycles. The Bertz CT molecular complexity index is 620. The molecule has 28 heavy (non-hydrogen) atoms. The van der Waals surface area contributed by atoms with Crippen LogP contribution in [0.15, 0.2) is 0 Å². The Morgan fingerprint density at radius 3 is 1.93 bits per heavy atom. The number of hydrogen-bond donors (Lipinski definition) is 2. The van der Waals surface area contributed by atoms with Gasteiger partial charge in [0.1, 0.15) is 12.1 Å². The molecule has 0 unspecified atom stereocenters. The lowest BCUT2D eigenvalue weighted by atomic mass is 9.87. The summed E-state index contributed by atoms with van der Waals surface area (Å²) in [7, 11) is 3.23. The molecule has 0 aliphatic carbocycles. The van der Waals surface area contributed by atoms with Gasteiger partial charge < -0.3 is 29.5 Å². The lowest BCUT2D eigenvalue weighted by Gasteiger charge is -2.29. The third kappa shape index (κ3) is 5.18. The number of rotatable bonds is 7. The van der Waals surface area contributed by atoms with Crippen LogP contribution in [0.2, 0.25) is 0 Å². The van der Waals surface area contributed by atoms with Crippen LogP contribution >= 0.6 is 0 Å². The molecule has 2 N–H and O–H groups in total. The molecule has 1 saturated heterocycles. The van der Waals surface area contributed by atoms with Crippen molar-refractivity contribution in [2.45, 2.75) is 38.5 Å². The topological polar surface area (TPSA) is 149 Å². The number of carbonyl (C=O) groups is 5. The number of β-amino-alcohol motifs (C(OH)–C–C–N with tert-alkyl or cyclic N) is 1. The molecule has 11 nitrogen and oxygen atoms in total. The van der Waals surface area contributed by atoms with Crippen LogP contribution in [0.4, 0.5) is 0 Å². The van der Waals surface area contributed by atoms with Gasteiger partial charge in [0.2, 0.25) is 11.8 Å². The Kier molecular flexibility index (Phi) is 8.35. The number of aliphatic hydroxyl groups is 1. The second kappa shape index (κ2) is 10.0. The summed E-state index contributed by atoms with van der Waals surface area (Å²) >= 11 is 0. The zero-order chi connectivity index (χ0) is 21.6. The van der Waals surface area contributed by atoms with Crippen molar-refractivity contribution in [2.75, 3.05) is 27.9 Å². The maximum atomic E-state index is 12.7. The molecule has 2 amide bonds. The van der Waals surface area contributed by atoms with Gasteiger partial charge >= 0.3 is 17.9 Å². The maximum absolute atomic E-state index is 12.7. The number of aliphatic hydroxyl groups excluding tert-OH is 1. The van der Waals surface area contributed by atoms with E-state index in [2.05, 4.69) is 19.5 Å². The molecule has 1 heterocycles. The Morgan fingerprint density at radius 2 is 1.50 bits per heavy atom. The van der Waals surface area contributed by atoms with E-state index in [1.54, 1.807) is 0 Å². The summed E-state index contributed by atoms with van der Waals surface area (Å²) in [5, 5.41) is 12.2. The predicted molar refractivity (Wildman–Crippen MR) is 92.4 cm³/mol. The number of carbonyl (C=O) groups excluding carboxylic acids is 5. The summed E-state index contributed by atoms with van der Waals surface area (Å²) in [6, 6.07) is -2.39. The number of amides is 2. The molecule has 0 aromatic rings. The monoisotopic (exact) mass is 402 g/mol. The summed E-state index contributed by atoms with van der Waals surface area (Å²) < 4.78 is 13.9. The lowest BCUT2D eigenvalue weighted by molar-refractivity contribution is -0.163. The van der Waals surface area contributed by atoms with Crippen molar-refractivity contribution in [2.24, 2.45) is 11.8 Å². The fourth-order valence-electron chi connectivity index (χ4n) is 3.16. The number of nitrogens with zero attached hydrogens (tertiary/aromatic N) is 1. The van der Waals surface area contributed by atoms with Crippen LogP contribution in [0.3, 0.4) is 0 Å². The van der Waals surface area contributed by atoms with Gasteiger partial charge in [-0.05, 0) is 0 Å². The van der Waals surface area contributed by atoms with E-state index in [4.69, 9.17) is 0 Å². The van der Waals surface area contributed by atoms with E-state index in [-0.39, 0.29) is 13.0 Å². The van der Waals surface area contributed by atoms with Gasteiger partial charge in [0.25, 0.3) is 0 Å². The van der Waals surface area contributed by atoms with Crippen molar-refractivity contribution in [1.29, 1.82) is 0 Å². The van der Waals surface area contributed by atoms with Gasteiger partial charge in [0.05, 0.1) is 27.4 Å². The minimum Gasteiger partial charge on any atom is -0.468 e. The van der Waals surface area contributed by atoms with Crippen molar-refractivity contribution in [1.82, 2.24) is 10.2 Å². The third-order valence-electron chi connectivity index (χ3n) is 4.70. The smallest absolute Gasteiger partial charge is 0.328 e. The van der Waals surface area contributed by atoms with Crippen molar-refractivity contribution in [3.63, 3.8) is 0 Å². The molecule has 1 rings (SSSR count). The molecule has 0 aromatic heterocycles. The number of likely N-dealkylation sites (tertiary alicyclic amines) is 1. The van der Waals surface area contributed by atoms with Gasteiger partial charge in [-0.2, -0.15) is 0 Å². The zero-order valence-electron chi connectivity index (χ0n) is 16.5. The van der Waals surface area contributed by atoms with Gasteiger partial charge in [-0.1, -0.05) is 6.92 Å². The van der Waals surface area contributed by atoms with Crippen LogP contribution in [0.1, 0.15) is 20.3 Å². The average Bonchev–Trinajstić information content (AvgIpc) is 3.07. The Balaban J connectivity index is 3.12. The second-order valence-electron chi connectivity index (χ2n) is 6.47. The van der Waals surface area contributed by atoms with Crippen LogP contribution < -0.4 is 5.32 Å². The number of ether oxygens (including phenoxy) is 3. The highest BCUT2D eigenvalue weighted by Crippen LogP contribution is 2.23. The summed E-state index contributed by atoms with van der Waals surface area (Å²) in [5.74, 6) is -6.48. The van der Waals surface area contributed by atoms with Crippen LogP contribution in [0.25, 0.3) is 0 Å². The van der Waals surface area contributed by atoms with Crippen LogP contribution in [-0.2, 0) is 38.2 Å². The predicted octanol–water partition coefficient (Wildman–Crippen LogP) is -1.78. The first-order chi connectivity index (χ1) is 13.1. The molecule has 0 aromatic carbocycles. The van der Waals surface area contributed by atoms with Crippen molar-refractivity contribution in [3.05, 3.63) is 0 Å². The largest absolute Gasteiger partial charge is 0.468 e. The van der Waals surface area contributed by atoms with Gasteiger partial charge in [-0.15, -0.1) is 0 Å². The van der Waals surface area contributed by atoms with Gasteiger partial charge in [-0.25, -0.2) is 4.79 Å². The molecule has 1 fully saturated rings. The Hall–Kier alpha value is -2.69. The number of esters is 3. The Morgan fingerprint density at radius 1 is 1.00 bits per heavy atom. The van der Waals surface area contributed by atoms with E-state index >= 15 is 0 Å². The summed E-state index contributed by atoms with van der Waals surface area (Å²) in [6.45, 7) is 2.62. The average molecular weight is 402 g/mol. The Labute approximate surface area is 162 Å². The minimum absolute atomic E-state index is 0.00881. The highest BCUT2D eigenvalue weighted by molar-refractivity contribution is 5.97. The molecule has 0 spiro atoms. The lowest BCUT2D eigenvalue weighted by Crippen LogP contribution is -2.55. The first-order valence-corrected chi connectivity index (χ1v) is 8.58. The van der Waals surface area contributed by atoms with Crippen LogP contribution in [0.5, 0.6) is 0 Å². The van der Waals surface area contributed by atoms with E-state index in [1.165, 1.54) is 18.7 Å². The summed E-state index contributed by atoms with van der Waals surface area (Å²) in [5.41, 5.74) is 0. The van der Waals surface area contributed by atoms with E-state index < -0.39 is 59.7 Å². The highest BCUT2D eigenvalue weighted by Gasteiger charge is 2.44. The molecule has 0 radical (unpaired) electrons. The maximum Gasteiger partial charge on any atom is 0.328 e. The fraction of sp³-hybridized carbons (Fsp3) is 0.706. The van der Waals surface area contributed by atoms with Crippen LogP contribution in [-0.4, -0.2) is 85.8 Å². The third-order valence-corrected chi connectivity index (χ3v) is 4.70. The molecule has 4 atom stereocenters. The first-order valence-electron chi connectivity index (χ1n) is 8.58. The number of methoxy groups -OCH3 is 3. The van der Waals surface area contributed by atoms with E-state index in [1.807, 2.05) is 0 Å². The van der Waals surface area contributed by atoms with Crippen LogP contribution in [0, 0.1) is 11.8 Å². The molecule has 0 bridgehead atoms. The molecular formula is C17H26N2O9. The standard InChI is InChI=1S/C17H26N2O9/c1-8(12(15(23)26-3)16(24)27-4)13(17(25)28-5)18-14(22)11-6-10(21)7-19(11)9(2)20/h8,10-13,21H,6-7H2,1-5H3,(H,18,22)/t8-,10+,11-,13+/m0/s1. The molecule has 1 aliphatic rings. The van der Waals surface area contributed by atoms with Crippen molar-refractivity contribution < 1.29 is 43.3 Å². The zero-order valence-corrected chi connectivity index (χ0v) is 16.5. The number of nitrogens with one attached hydrogen (secondary N) is 1. The van der Waals surface area contributed by atoms with Crippen molar-refractivity contribution >= 4 is 29.7 Å². The SMILES string of the molecule is COC(=O)C(C(=O)OC)[C@H](C)[C@@H](NC(=O)[C@@H]1C[C@@H](O)CN1C(C)=O)C(=O)OC.